The molecule has 1 saturated heterocycles. The Morgan fingerprint density at radius 2 is 1.58 bits per heavy atom. The number of hydrogen-bond acceptors (Lipinski definition) is 5. The largest absolute Gasteiger partial charge is 0.485 e. The average Bonchev–Trinajstić information content (AvgIpc) is 2.85. The molecule has 0 aromatic heterocycles. The molecule has 1 unspecified atom stereocenters. The standard InChI is InChI=1S/C27H25BrF2N2O4/c28-18-11-22(29)25(23(30)12-18)36-15-19(33)14-31-9-7-16(8-10-31)13-32-26(34)20-5-1-3-17-4-2-6-21(24(17)20)27(32)35/h1-6,11-12,16,19,33H,7-10,13-15H2. The third kappa shape index (κ3) is 4.87. The molecule has 0 saturated carbocycles. The maximum absolute atomic E-state index is 13.9. The molecule has 0 spiro atoms. The van der Waals surface area contributed by atoms with E-state index >= 15 is 0 Å². The normalized spacial score (nSPS) is 17.6. The van der Waals surface area contributed by atoms with Gasteiger partial charge < -0.3 is 14.7 Å². The molecule has 5 rings (SSSR count). The van der Waals surface area contributed by atoms with Crippen molar-refractivity contribution in [3.8, 4) is 5.75 Å². The Balaban J connectivity index is 1.14. The number of aliphatic hydroxyl groups excluding tert-OH is 1. The second-order valence-corrected chi connectivity index (χ2v) is 10.3. The second kappa shape index (κ2) is 10.2. The second-order valence-electron chi connectivity index (χ2n) is 9.34. The van der Waals surface area contributed by atoms with Crippen LogP contribution in [0.25, 0.3) is 10.8 Å². The highest BCUT2D eigenvalue weighted by Gasteiger charge is 2.35. The van der Waals surface area contributed by atoms with Crippen LogP contribution in [0.2, 0.25) is 0 Å². The predicted molar refractivity (Wildman–Crippen MR) is 134 cm³/mol. The number of ether oxygens (including phenoxy) is 1. The monoisotopic (exact) mass is 558 g/mol. The lowest BCUT2D eigenvalue weighted by Gasteiger charge is -2.36. The molecule has 9 heteroatoms. The van der Waals surface area contributed by atoms with Gasteiger partial charge in [0.2, 0.25) is 0 Å². The summed E-state index contributed by atoms with van der Waals surface area (Å²) < 4.78 is 33.3. The van der Waals surface area contributed by atoms with Gasteiger partial charge in [0, 0.05) is 34.1 Å². The van der Waals surface area contributed by atoms with Crippen LogP contribution >= 0.6 is 15.9 Å². The van der Waals surface area contributed by atoms with E-state index in [0.717, 1.165) is 35.7 Å². The van der Waals surface area contributed by atoms with Crippen molar-refractivity contribution in [2.24, 2.45) is 5.92 Å². The number of β-amino-alcohol motifs (C(OH)–C–C–N with tert-alkyl or cyclic N) is 1. The van der Waals surface area contributed by atoms with E-state index in [9.17, 15) is 23.5 Å². The summed E-state index contributed by atoms with van der Waals surface area (Å²) in [5.41, 5.74) is 1.11. The van der Waals surface area contributed by atoms with Crippen molar-refractivity contribution in [2.45, 2.75) is 18.9 Å². The molecule has 0 radical (unpaired) electrons. The number of nitrogens with zero attached hydrogens (tertiary/aromatic N) is 2. The van der Waals surface area contributed by atoms with Crippen LogP contribution in [0, 0.1) is 17.6 Å². The summed E-state index contributed by atoms with van der Waals surface area (Å²) in [5.74, 6) is -2.55. The minimum absolute atomic E-state index is 0.151. The minimum atomic E-state index is -0.925. The van der Waals surface area contributed by atoms with Gasteiger partial charge in [-0.3, -0.25) is 14.5 Å². The first kappa shape index (κ1) is 24.8. The average molecular weight is 559 g/mol. The summed E-state index contributed by atoms with van der Waals surface area (Å²) in [6.45, 7) is 1.75. The number of likely N-dealkylation sites (tertiary alicyclic amines) is 1. The maximum atomic E-state index is 13.9. The van der Waals surface area contributed by atoms with E-state index in [0.29, 0.717) is 37.3 Å². The van der Waals surface area contributed by atoms with Crippen LogP contribution in [-0.2, 0) is 0 Å². The number of piperidine rings is 1. The van der Waals surface area contributed by atoms with E-state index in [-0.39, 0.29) is 28.8 Å². The Kier molecular flexibility index (Phi) is 7.05. The SMILES string of the molecule is O=C1c2cccc3cccc(c23)C(=O)N1CC1CCN(CC(O)COc2c(F)cc(Br)cc2F)CC1. The number of benzene rings is 3. The summed E-state index contributed by atoms with van der Waals surface area (Å²) in [5, 5.41) is 11.9. The fourth-order valence-corrected chi connectivity index (χ4v) is 5.46. The predicted octanol–water partition coefficient (Wildman–Crippen LogP) is 4.63. The van der Waals surface area contributed by atoms with Crippen molar-refractivity contribution < 1.29 is 28.2 Å². The molecule has 2 aliphatic rings. The number of imide groups is 1. The van der Waals surface area contributed by atoms with Crippen molar-refractivity contribution >= 4 is 38.5 Å². The van der Waals surface area contributed by atoms with Crippen LogP contribution in [0.15, 0.2) is 53.0 Å². The van der Waals surface area contributed by atoms with Crippen molar-refractivity contribution in [1.29, 1.82) is 0 Å². The molecule has 3 aromatic rings. The first-order valence-electron chi connectivity index (χ1n) is 11.9. The number of aliphatic hydroxyl groups is 1. The lowest BCUT2D eigenvalue weighted by Crippen LogP contribution is -2.46. The maximum Gasteiger partial charge on any atom is 0.261 e. The van der Waals surface area contributed by atoms with Gasteiger partial charge in [-0.2, -0.15) is 0 Å². The fraction of sp³-hybridized carbons (Fsp3) is 0.333. The van der Waals surface area contributed by atoms with Crippen LogP contribution in [-0.4, -0.2) is 65.6 Å². The van der Waals surface area contributed by atoms with Gasteiger partial charge in [-0.25, -0.2) is 8.78 Å². The molecular weight excluding hydrogens is 534 g/mol. The molecular formula is C27H25BrF2N2O4. The topological polar surface area (TPSA) is 70.1 Å². The molecule has 1 fully saturated rings. The number of amides is 2. The first-order chi connectivity index (χ1) is 17.3. The number of rotatable bonds is 7. The molecule has 0 bridgehead atoms. The lowest BCUT2D eigenvalue weighted by atomic mass is 9.91. The zero-order valence-electron chi connectivity index (χ0n) is 19.4. The van der Waals surface area contributed by atoms with Gasteiger partial charge in [0.15, 0.2) is 17.4 Å². The van der Waals surface area contributed by atoms with Gasteiger partial charge in [0.05, 0.1) is 0 Å². The van der Waals surface area contributed by atoms with Crippen LogP contribution in [0.5, 0.6) is 5.75 Å². The molecule has 1 atom stereocenters. The summed E-state index contributed by atoms with van der Waals surface area (Å²) in [6.07, 6.45) is 0.588. The third-order valence-corrected chi connectivity index (χ3v) is 7.31. The molecule has 0 aliphatic carbocycles. The van der Waals surface area contributed by atoms with Gasteiger partial charge in [0.1, 0.15) is 12.7 Å². The van der Waals surface area contributed by atoms with E-state index in [1.165, 1.54) is 4.90 Å². The number of carbonyl (C=O) groups is 2. The van der Waals surface area contributed by atoms with Gasteiger partial charge >= 0.3 is 0 Å². The number of halogens is 3. The Morgan fingerprint density at radius 1 is 1.00 bits per heavy atom. The van der Waals surface area contributed by atoms with Crippen molar-refractivity contribution in [1.82, 2.24) is 9.80 Å². The highest BCUT2D eigenvalue weighted by Crippen LogP contribution is 2.31. The smallest absolute Gasteiger partial charge is 0.261 e. The van der Waals surface area contributed by atoms with Crippen molar-refractivity contribution in [3.05, 3.63) is 75.8 Å². The van der Waals surface area contributed by atoms with Gasteiger partial charge in [-0.15, -0.1) is 0 Å². The summed E-state index contributed by atoms with van der Waals surface area (Å²) in [7, 11) is 0. The molecule has 6 nitrogen and oxygen atoms in total. The van der Waals surface area contributed by atoms with Gasteiger partial charge in [-0.05, 0) is 61.5 Å². The molecule has 188 valence electrons. The lowest BCUT2D eigenvalue weighted by molar-refractivity contribution is 0.0442. The molecule has 2 aliphatic heterocycles. The highest BCUT2D eigenvalue weighted by atomic mass is 79.9. The van der Waals surface area contributed by atoms with E-state index < -0.39 is 23.5 Å². The highest BCUT2D eigenvalue weighted by molar-refractivity contribution is 9.10. The summed E-state index contributed by atoms with van der Waals surface area (Å²) in [4.78, 5) is 29.7. The van der Waals surface area contributed by atoms with Gasteiger partial charge in [-0.1, -0.05) is 40.2 Å². The van der Waals surface area contributed by atoms with Crippen LogP contribution in [0.3, 0.4) is 0 Å². The molecule has 1 N–H and O–H groups in total. The zero-order chi connectivity index (χ0) is 25.4. The molecule has 36 heavy (non-hydrogen) atoms. The van der Waals surface area contributed by atoms with Crippen molar-refractivity contribution in [2.75, 3.05) is 32.8 Å². The molecule has 2 amide bonds. The van der Waals surface area contributed by atoms with E-state index in [2.05, 4.69) is 20.8 Å². The Bertz CT molecular complexity index is 1250. The third-order valence-electron chi connectivity index (χ3n) is 6.86. The van der Waals surface area contributed by atoms with E-state index in [1.807, 2.05) is 24.3 Å². The van der Waals surface area contributed by atoms with E-state index in [1.54, 1.807) is 12.1 Å². The van der Waals surface area contributed by atoms with Crippen molar-refractivity contribution in [3.63, 3.8) is 0 Å². The van der Waals surface area contributed by atoms with Gasteiger partial charge in [0.25, 0.3) is 11.8 Å². The van der Waals surface area contributed by atoms with E-state index in [4.69, 9.17) is 4.74 Å². The van der Waals surface area contributed by atoms with Crippen LogP contribution < -0.4 is 4.74 Å². The minimum Gasteiger partial charge on any atom is -0.485 e. The Labute approximate surface area is 215 Å². The number of hydrogen-bond donors (Lipinski definition) is 1. The zero-order valence-corrected chi connectivity index (χ0v) is 21.0. The summed E-state index contributed by atoms with van der Waals surface area (Å²) >= 11 is 3.02. The molecule has 2 heterocycles. The Hall–Kier alpha value is -2.88. The Morgan fingerprint density at radius 3 is 2.17 bits per heavy atom. The fourth-order valence-electron chi connectivity index (χ4n) is 5.05. The first-order valence-corrected chi connectivity index (χ1v) is 12.7. The number of carbonyl (C=O) groups excluding carboxylic acids is 2. The quantitative estimate of drug-likeness (QED) is 0.428. The van der Waals surface area contributed by atoms with Crippen LogP contribution in [0.1, 0.15) is 33.6 Å². The summed E-state index contributed by atoms with van der Waals surface area (Å²) in [6, 6.07) is 13.2. The van der Waals surface area contributed by atoms with Crippen LogP contribution in [0.4, 0.5) is 8.78 Å². The molecule has 3 aromatic carbocycles.